The van der Waals surface area contributed by atoms with Gasteiger partial charge >= 0.3 is 5.97 Å². The lowest BCUT2D eigenvalue weighted by molar-refractivity contribution is -0.407. The SMILES string of the molecule is C[C@@H]1CC(=O)[C@]2(O)O[C@@H]3C[C@@]4(C=O)C(=CC[C@@H]5[C@@H]4CC[C@]4(C)[C@@H](C6=CC(=O)OC6)CC[C@]54O)C[C@H]3O[C@@H]2O1. The first-order valence-corrected chi connectivity index (χ1v) is 14.0. The second kappa shape index (κ2) is 8.07. The Labute approximate surface area is 221 Å². The normalized spacial score (nSPS) is 53.4. The van der Waals surface area contributed by atoms with Gasteiger partial charge in [-0.3, -0.25) is 4.79 Å². The number of fused-ring (bicyclic) bond motifs is 7. The first-order chi connectivity index (χ1) is 18.0. The second-order valence-corrected chi connectivity index (χ2v) is 13.0. The van der Waals surface area contributed by atoms with Crippen molar-refractivity contribution in [1.82, 2.24) is 0 Å². The number of ether oxygens (including phenoxy) is 4. The average molecular weight is 529 g/mol. The summed E-state index contributed by atoms with van der Waals surface area (Å²) < 4.78 is 23.2. The topological polar surface area (TPSA) is 129 Å². The number of allylic oxidation sites excluding steroid dienone is 1. The third-order valence-electron chi connectivity index (χ3n) is 11.4. The number of aldehydes is 1. The molecular weight excluding hydrogens is 492 g/mol. The van der Waals surface area contributed by atoms with E-state index in [1.807, 2.05) is 0 Å². The lowest BCUT2D eigenvalue weighted by Crippen LogP contribution is -2.69. The van der Waals surface area contributed by atoms with Crippen molar-refractivity contribution < 1.29 is 43.5 Å². The number of rotatable bonds is 2. The van der Waals surface area contributed by atoms with E-state index in [0.717, 1.165) is 36.7 Å². The van der Waals surface area contributed by atoms with E-state index in [0.29, 0.717) is 19.3 Å². The van der Waals surface area contributed by atoms with Gasteiger partial charge in [-0.2, -0.15) is 0 Å². The van der Waals surface area contributed by atoms with Gasteiger partial charge in [-0.1, -0.05) is 18.6 Å². The number of carbonyl (C=O) groups is 3. The quantitative estimate of drug-likeness (QED) is 0.315. The molecule has 0 radical (unpaired) electrons. The van der Waals surface area contributed by atoms with Crippen molar-refractivity contribution in [3.05, 3.63) is 23.3 Å². The first kappa shape index (κ1) is 25.1. The Kier molecular flexibility index (Phi) is 5.33. The fourth-order valence-corrected chi connectivity index (χ4v) is 9.48. The number of carbonyl (C=O) groups excluding carboxylic acids is 3. The predicted molar refractivity (Wildman–Crippen MR) is 130 cm³/mol. The molecule has 3 aliphatic heterocycles. The Morgan fingerprint density at radius 2 is 1.87 bits per heavy atom. The van der Waals surface area contributed by atoms with Crippen LogP contribution in [-0.2, 0) is 33.3 Å². The van der Waals surface area contributed by atoms with Crippen LogP contribution >= 0.6 is 0 Å². The minimum atomic E-state index is -2.18. The van der Waals surface area contributed by atoms with E-state index in [9.17, 15) is 24.6 Å². The zero-order chi connectivity index (χ0) is 26.7. The van der Waals surface area contributed by atoms with Crippen molar-refractivity contribution in [2.45, 2.75) is 101 Å². The maximum absolute atomic E-state index is 13.1. The van der Waals surface area contributed by atoms with Crippen LogP contribution < -0.4 is 0 Å². The molecule has 11 atom stereocenters. The molecule has 0 aromatic heterocycles. The van der Waals surface area contributed by atoms with Gasteiger partial charge in [0.15, 0.2) is 5.78 Å². The van der Waals surface area contributed by atoms with E-state index in [-0.39, 0.29) is 49.3 Å². The third kappa shape index (κ3) is 3.08. The zero-order valence-corrected chi connectivity index (χ0v) is 21.9. The van der Waals surface area contributed by atoms with Crippen molar-refractivity contribution in [2.24, 2.45) is 28.6 Å². The van der Waals surface area contributed by atoms with Crippen LogP contribution in [0.5, 0.6) is 0 Å². The van der Waals surface area contributed by atoms with E-state index in [1.54, 1.807) is 13.0 Å². The number of ketones is 1. The standard InChI is InChI=1S/C29H36O9/c1-15-9-23(31)29(34)25(36-15)37-21-11-17-3-4-20-19(27(17,14-30)12-22(21)38-29)5-7-26(2)18(6-8-28(20,26)33)16-10-24(32)35-13-16/h3,10,14-15,18-22,25,33-34H,4-9,11-13H2,1-2H3/t15-,18-,19+,20-,21-,22-,25+,26-,27-,28+,29+/m1/s1. The molecule has 9 nitrogen and oxygen atoms in total. The molecule has 2 N–H and O–H groups in total. The Balaban J connectivity index is 1.21. The molecule has 9 heteroatoms. The summed E-state index contributed by atoms with van der Waals surface area (Å²) in [4.78, 5) is 37.6. The third-order valence-corrected chi connectivity index (χ3v) is 11.4. The molecular formula is C29H36O9. The van der Waals surface area contributed by atoms with Crippen LogP contribution in [0.1, 0.15) is 65.2 Å². The van der Waals surface area contributed by atoms with Gasteiger partial charge in [0, 0.05) is 17.9 Å². The van der Waals surface area contributed by atoms with Crippen molar-refractivity contribution in [1.29, 1.82) is 0 Å². The molecule has 206 valence electrons. The summed E-state index contributed by atoms with van der Waals surface area (Å²) in [7, 11) is 0. The highest BCUT2D eigenvalue weighted by Gasteiger charge is 2.69. The minimum Gasteiger partial charge on any atom is -0.458 e. The highest BCUT2D eigenvalue weighted by atomic mass is 16.8. The summed E-state index contributed by atoms with van der Waals surface area (Å²) >= 11 is 0. The molecule has 0 unspecified atom stereocenters. The van der Waals surface area contributed by atoms with E-state index < -0.39 is 46.5 Å². The molecule has 0 aromatic carbocycles. The van der Waals surface area contributed by atoms with Gasteiger partial charge in [0.05, 0.1) is 29.3 Å². The summed E-state index contributed by atoms with van der Waals surface area (Å²) in [5.41, 5.74) is -0.301. The van der Waals surface area contributed by atoms with E-state index in [1.165, 1.54) is 0 Å². The van der Waals surface area contributed by atoms with E-state index in [4.69, 9.17) is 18.9 Å². The number of Topliss-reactive ketones (excluding diaryl/α,β-unsaturated/α-hetero) is 1. The van der Waals surface area contributed by atoms with Crippen LogP contribution in [0, 0.1) is 28.6 Å². The van der Waals surface area contributed by atoms with Crippen molar-refractivity contribution in [3.8, 4) is 0 Å². The Bertz CT molecular complexity index is 1160. The molecule has 7 rings (SSSR count). The summed E-state index contributed by atoms with van der Waals surface area (Å²) in [5, 5.41) is 23.5. The molecule has 5 fully saturated rings. The zero-order valence-electron chi connectivity index (χ0n) is 21.9. The van der Waals surface area contributed by atoms with Gasteiger partial charge in [-0.15, -0.1) is 0 Å². The van der Waals surface area contributed by atoms with Gasteiger partial charge < -0.3 is 34.0 Å². The maximum Gasteiger partial charge on any atom is 0.331 e. The van der Waals surface area contributed by atoms with Crippen molar-refractivity contribution >= 4 is 18.0 Å². The molecule has 2 saturated heterocycles. The van der Waals surface area contributed by atoms with Gasteiger partial charge in [-0.05, 0) is 75.2 Å². The summed E-state index contributed by atoms with van der Waals surface area (Å²) in [6.45, 7) is 4.19. The average Bonchev–Trinajstić information content (AvgIpc) is 3.42. The van der Waals surface area contributed by atoms with Crippen LogP contribution in [0.15, 0.2) is 23.3 Å². The van der Waals surface area contributed by atoms with Gasteiger partial charge in [0.1, 0.15) is 12.9 Å². The first-order valence-electron chi connectivity index (χ1n) is 14.0. The largest absolute Gasteiger partial charge is 0.458 e. The van der Waals surface area contributed by atoms with Gasteiger partial charge in [0.25, 0.3) is 5.79 Å². The molecule has 3 saturated carbocycles. The predicted octanol–water partition coefficient (Wildman–Crippen LogP) is 2.13. The summed E-state index contributed by atoms with van der Waals surface area (Å²) in [6.07, 6.45) is 6.39. The molecule has 0 bridgehead atoms. The lowest BCUT2D eigenvalue weighted by atomic mass is 9.45. The molecule has 38 heavy (non-hydrogen) atoms. The molecule has 7 aliphatic rings. The smallest absolute Gasteiger partial charge is 0.331 e. The Morgan fingerprint density at radius 1 is 1.05 bits per heavy atom. The van der Waals surface area contributed by atoms with Gasteiger partial charge in [0.2, 0.25) is 6.29 Å². The Morgan fingerprint density at radius 3 is 2.61 bits per heavy atom. The number of aliphatic hydroxyl groups is 2. The number of esters is 1. The van der Waals surface area contributed by atoms with Crippen LogP contribution in [-0.4, -0.2) is 70.8 Å². The lowest BCUT2D eigenvalue weighted by Gasteiger charge is -2.62. The van der Waals surface area contributed by atoms with Crippen LogP contribution in [0.4, 0.5) is 0 Å². The van der Waals surface area contributed by atoms with Crippen LogP contribution in [0.3, 0.4) is 0 Å². The highest BCUT2D eigenvalue weighted by molar-refractivity contribution is 5.87. The molecule has 4 aliphatic carbocycles. The van der Waals surface area contributed by atoms with Gasteiger partial charge in [-0.25, -0.2) is 4.79 Å². The number of hydrogen-bond donors (Lipinski definition) is 2. The van der Waals surface area contributed by atoms with Crippen LogP contribution in [0.2, 0.25) is 0 Å². The summed E-state index contributed by atoms with van der Waals surface area (Å²) in [5.74, 6) is -3.12. The van der Waals surface area contributed by atoms with E-state index in [2.05, 4.69) is 13.0 Å². The van der Waals surface area contributed by atoms with E-state index >= 15 is 0 Å². The molecule has 0 spiro atoms. The number of hydrogen-bond acceptors (Lipinski definition) is 9. The van der Waals surface area contributed by atoms with Crippen molar-refractivity contribution in [2.75, 3.05) is 6.61 Å². The molecule has 0 amide bonds. The second-order valence-electron chi connectivity index (χ2n) is 13.0. The highest BCUT2D eigenvalue weighted by Crippen LogP contribution is 2.69. The Hall–Kier alpha value is -1.91. The number of cyclic esters (lactones) is 1. The fourth-order valence-electron chi connectivity index (χ4n) is 9.48. The fraction of sp³-hybridized carbons (Fsp3) is 0.759. The van der Waals surface area contributed by atoms with Crippen molar-refractivity contribution in [3.63, 3.8) is 0 Å². The minimum absolute atomic E-state index is 0.0300. The van der Waals surface area contributed by atoms with Crippen LogP contribution in [0.25, 0.3) is 0 Å². The molecule has 3 heterocycles. The molecule has 0 aromatic rings. The maximum atomic E-state index is 13.1. The summed E-state index contributed by atoms with van der Waals surface area (Å²) in [6, 6.07) is 0. The monoisotopic (exact) mass is 528 g/mol.